The molecular weight excluding hydrogens is 340 g/mol. The van der Waals surface area contributed by atoms with Crippen LogP contribution in [0.25, 0.3) is 11.3 Å². The van der Waals surface area contributed by atoms with Gasteiger partial charge < -0.3 is 4.74 Å². The monoisotopic (exact) mass is 362 g/mol. The largest absolute Gasteiger partial charge is 0.494 e. The van der Waals surface area contributed by atoms with Crippen molar-refractivity contribution < 1.29 is 9.53 Å². The van der Waals surface area contributed by atoms with E-state index < -0.39 is 0 Å². The van der Waals surface area contributed by atoms with Gasteiger partial charge >= 0.3 is 0 Å². The number of benzene rings is 2. The van der Waals surface area contributed by atoms with Crippen molar-refractivity contribution >= 4 is 11.6 Å². The number of aromatic amines is 1. The first-order chi connectivity index (χ1) is 13.1. The Morgan fingerprint density at radius 2 is 1.85 bits per heavy atom. The number of nitrogens with zero attached hydrogens (tertiary/aromatic N) is 2. The zero-order valence-electron chi connectivity index (χ0n) is 15.6. The van der Waals surface area contributed by atoms with Crippen LogP contribution < -0.4 is 10.2 Å². The normalized spacial score (nSPS) is 11.3. The third-order valence-electron chi connectivity index (χ3n) is 4.19. The van der Waals surface area contributed by atoms with Crippen molar-refractivity contribution in [1.82, 2.24) is 15.6 Å². The maximum atomic E-state index is 12.5. The summed E-state index contributed by atoms with van der Waals surface area (Å²) in [7, 11) is 0. The Hall–Kier alpha value is -3.41. The minimum atomic E-state index is -0.326. The van der Waals surface area contributed by atoms with Crippen LogP contribution in [-0.4, -0.2) is 28.4 Å². The predicted molar refractivity (Wildman–Crippen MR) is 106 cm³/mol. The number of H-pyrrole nitrogens is 1. The van der Waals surface area contributed by atoms with Crippen LogP contribution in [0.2, 0.25) is 0 Å². The Labute approximate surface area is 158 Å². The summed E-state index contributed by atoms with van der Waals surface area (Å²) in [6.07, 6.45) is 0. The van der Waals surface area contributed by atoms with Gasteiger partial charge in [0.1, 0.15) is 11.4 Å². The minimum absolute atomic E-state index is 0.326. The van der Waals surface area contributed by atoms with Crippen molar-refractivity contribution in [3.05, 3.63) is 71.4 Å². The number of carbonyl (C=O) groups is 1. The molecule has 6 nitrogen and oxygen atoms in total. The first kappa shape index (κ1) is 18.4. The number of ether oxygens (including phenoxy) is 1. The molecule has 6 heteroatoms. The van der Waals surface area contributed by atoms with E-state index in [1.807, 2.05) is 75.4 Å². The second-order valence-electron chi connectivity index (χ2n) is 6.03. The molecule has 0 aliphatic heterocycles. The van der Waals surface area contributed by atoms with Gasteiger partial charge in [-0.25, -0.2) is 5.43 Å². The first-order valence-corrected chi connectivity index (χ1v) is 8.78. The highest BCUT2D eigenvalue weighted by Gasteiger charge is 2.17. The molecule has 3 aromatic rings. The lowest BCUT2D eigenvalue weighted by atomic mass is 10.1. The zero-order valence-corrected chi connectivity index (χ0v) is 15.6. The average Bonchev–Trinajstić information content (AvgIpc) is 3.09. The van der Waals surface area contributed by atoms with Gasteiger partial charge in [-0.1, -0.05) is 30.3 Å². The molecule has 0 atom stereocenters. The summed E-state index contributed by atoms with van der Waals surface area (Å²) in [5.74, 6) is 0.477. The van der Waals surface area contributed by atoms with E-state index in [0.717, 1.165) is 33.8 Å². The maximum Gasteiger partial charge on any atom is 0.289 e. The molecule has 1 aromatic heterocycles. The van der Waals surface area contributed by atoms with Crippen LogP contribution in [0.5, 0.6) is 5.75 Å². The van der Waals surface area contributed by atoms with Gasteiger partial charge in [0.2, 0.25) is 0 Å². The van der Waals surface area contributed by atoms with Crippen LogP contribution in [0, 0.1) is 6.92 Å². The highest BCUT2D eigenvalue weighted by molar-refractivity contribution is 6.01. The number of rotatable bonds is 6. The second-order valence-corrected chi connectivity index (χ2v) is 6.03. The van der Waals surface area contributed by atoms with Crippen LogP contribution in [-0.2, 0) is 0 Å². The Bertz CT molecular complexity index is 944. The number of aromatic nitrogens is 2. The van der Waals surface area contributed by atoms with E-state index in [4.69, 9.17) is 4.74 Å². The summed E-state index contributed by atoms with van der Waals surface area (Å²) in [6.45, 7) is 6.27. The Morgan fingerprint density at radius 1 is 1.15 bits per heavy atom. The van der Waals surface area contributed by atoms with E-state index in [2.05, 4.69) is 20.7 Å². The predicted octanol–water partition coefficient (Wildman–Crippen LogP) is 3.94. The number of nitrogens with one attached hydrogen (secondary N) is 2. The summed E-state index contributed by atoms with van der Waals surface area (Å²) in [5, 5.41) is 11.3. The molecule has 0 saturated carbocycles. The smallest absolute Gasteiger partial charge is 0.289 e. The van der Waals surface area contributed by atoms with Gasteiger partial charge in [-0.05, 0) is 50.6 Å². The van der Waals surface area contributed by atoms with Crippen LogP contribution >= 0.6 is 0 Å². The van der Waals surface area contributed by atoms with Crippen LogP contribution in [0.15, 0.2) is 59.7 Å². The molecule has 1 heterocycles. The first-order valence-electron chi connectivity index (χ1n) is 8.78. The zero-order chi connectivity index (χ0) is 19.2. The maximum absolute atomic E-state index is 12.5. The van der Waals surface area contributed by atoms with Crippen molar-refractivity contribution in [2.75, 3.05) is 6.61 Å². The van der Waals surface area contributed by atoms with Gasteiger partial charge in [0, 0.05) is 11.1 Å². The molecule has 0 fully saturated rings. The summed E-state index contributed by atoms with van der Waals surface area (Å²) >= 11 is 0. The lowest BCUT2D eigenvalue weighted by molar-refractivity contribution is 0.0949. The number of hydrogen-bond donors (Lipinski definition) is 2. The summed E-state index contributed by atoms with van der Waals surface area (Å²) in [6, 6.07) is 17.3. The van der Waals surface area contributed by atoms with Crippen LogP contribution in [0.3, 0.4) is 0 Å². The van der Waals surface area contributed by atoms with Crippen molar-refractivity contribution in [2.45, 2.75) is 20.8 Å². The van der Waals surface area contributed by atoms with Gasteiger partial charge in [0.05, 0.1) is 18.0 Å². The van der Waals surface area contributed by atoms with Gasteiger partial charge in [-0.15, -0.1) is 0 Å². The molecule has 138 valence electrons. The molecule has 0 spiro atoms. The fourth-order valence-corrected chi connectivity index (χ4v) is 2.71. The molecule has 0 saturated heterocycles. The number of carbonyl (C=O) groups excluding carboxylic acids is 1. The Balaban J connectivity index is 1.75. The SMILES string of the molecule is CCOc1ccc(-c2n[nH]c(C(=O)N/N=C(/C)c3ccccc3)c2C)cc1. The van der Waals surface area contributed by atoms with E-state index in [1.54, 1.807) is 0 Å². The summed E-state index contributed by atoms with van der Waals surface area (Å²) in [5.41, 5.74) is 7.07. The third kappa shape index (κ3) is 4.23. The molecule has 27 heavy (non-hydrogen) atoms. The lowest BCUT2D eigenvalue weighted by Crippen LogP contribution is -2.20. The number of amides is 1. The standard InChI is InChI=1S/C21H22N4O2/c1-4-27-18-12-10-17(11-13-18)19-14(2)20(24-23-19)21(26)25-22-15(3)16-8-6-5-7-9-16/h5-13H,4H2,1-3H3,(H,23,24)(H,25,26)/b22-15-. The highest BCUT2D eigenvalue weighted by atomic mass is 16.5. The molecule has 0 aliphatic carbocycles. The number of hydrazone groups is 1. The molecule has 3 rings (SSSR count). The minimum Gasteiger partial charge on any atom is -0.494 e. The fourth-order valence-electron chi connectivity index (χ4n) is 2.71. The Morgan fingerprint density at radius 3 is 2.52 bits per heavy atom. The van der Waals surface area contributed by atoms with Crippen molar-refractivity contribution in [2.24, 2.45) is 5.10 Å². The molecule has 0 unspecified atom stereocenters. The lowest BCUT2D eigenvalue weighted by Gasteiger charge is -2.04. The molecule has 2 aromatic carbocycles. The second kappa shape index (κ2) is 8.31. The molecule has 0 radical (unpaired) electrons. The van der Waals surface area contributed by atoms with Crippen LogP contribution in [0.1, 0.15) is 35.5 Å². The van der Waals surface area contributed by atoms with E-state index in [1.165, 1.54) is 0 Å². The molecule has 0 aliphatic rings. The summed E-state index contributed by atoms with van der Waals surface area (Å²) in [4.78, 5) is 12.5. The van der Waals surface area contributed by atoms with Gasteiger partial charge in [0.15, 0.2) is 0 Å². The van der Waals surface area contributed by atoms with Gasteiger partial charge in [-0.2, -0.15) is 10.2 Å². The van der Waals surface area contributed by atoms with E-state index >= 15 is 0 Å². The molecular formula is C21H22N4O2. The van der Waals surface area contributed by atoms with Crippen molar-refractivity contribution in [3.63, 3.8) is 0 Å². The summed E-state index contributed by atoms with van der Waals surface area (Å²) < 4.78 is 5.45. The average molecular weight is 362 g/mol. The van der Waals surface area contributed by atoms with E-state index in [0.29, 0.717) is 12.3 Å². The van der Waals surface area contributed by atoms with Gasteiger partial charge in [-0.3, -0.25) is 9.89 Å². The van der Waals surface area contributed by atoms with Crippen molar-refractivity contribution in [1.29, 1.82) is 0 Å². The Kier molecular flexibility index (Phi) is 5.66. The van der Waals surface area contributed by atoms with Crippen molar-refractivity contribution in [3.8, 4) is 17.0 Å². The van der Waals surface area contributed by atoms with Gasteiger partial charge in [0.25, 0.3) is 5.91 Å². The molecule has 1 amide bonds. The number of hydrogen-bond acceptors (Lipinski definition) is 4. The van der Waals surface area contributed by atoms with E-state index in [-0.39, 0.29) is 5.91 Å². The van der Waals surface area contributed by atoms with Crippen LogP contribution in [0.4, 0.5) is 0 Å². The highest BCUT2D eigenvalue weighted by Crippen LogP contribution is 2.25. The topological polar surface area (TPSA) is 79.4 Å². The van der Waals surface area contributed by atoms with E-state index in [9.17, 15) is 4.79 Å². The molecule has 2 N–H and O–H groups in total. The molecule has 0 bridgehead atoms. The third-order valence-corrected chi connectivity index (χ3v) is 4.19. The quantitative estimate of drug-likeness (QED) is 0.515. The fraction of sp³-hybridized carbons (Fsp3) is 0.190.